The molecular weight excluding hydrogens is 273 g/mol. The number of halogens is 1. The first-order chi connectivity index (χ1) is 10.0. The number of rotatable bonds is 2. The fraction of sp³-hybridized carbons (Fsp3) is 0.333. The first kappa shape index (κ1) is 15.0. The molecule has 21 heavy (non-hydrogen) atoms. The molecule has 1 atom stereocenters. The largest absolute Gasteiger partial charge is 0.344 e. The van der Waals surface area contributed by atoms with Gasteiger partial charge in [-0.25, -0.2) is 4.39 Å². The molecule has 2 rings (SSSR count). The second-order valence-corrected chi connectivity index (χ2v) is 4.77. The van der Waals surface area contributed by atoms with E-state index in [2.05, 4.69) is 17.2 Å². The van der Waals surface area contributed by atoms with Gasteiger partial charge in [-0.1, -0.05) is 11.8 Å². The van der Waals surface area contributed by atoms with Crippen LogP contribution in [-0.2, 0) is 4.79 Å². The minimum Gasteiger partial charge on any atom is -0.344 e. The Hall–Kier alpha value is -2.39. The number of benzene rings is 1. The molecule has 1 aromatic rings. The van der Waals surface area contributed by atoms with E-state index in [0.717, 1.165) is 0 Å². The number of carbonyl (C=O) groups is 2. The molecule has 1 aliphatic rings. The van der Waals surface area contributed by atoms with Gasteiger partial charge in [0.25, 0.3) is 5.91 Å². The van der Waals surface area contributed by atoms with Crippen molar-refractivity contribution in [3.63, 3.8) is 0 Å². The van der Waals surface area contributed by atoms with Crippen LogP contribution in [-0.4, -0.2) is 42.9 Å². The third kappa shape index (κ3) is 3.38. The van der Waals surface area contributed by atoms with E-state index in [1.165, 1.54) is 18.2 Å². The molecule has 0 radical (unpaired) electrons. The molecule has 1 unspecified atom stereocenters. The molecule has 0 spiro atoms. The van der Waals surface area contributed by atoms with Gasteiger partial charge in [-0.05, 0) is 24.6 Å². The summed E-state index contributed by atoms with van der Waals surface area (Å²) in [6.45, 7) is 0.719. The van der Waals surface area contributed by atoms with Crippen LogP contribution in [0.15, 0.2) is 18.2 Å². The summed E-state index contributed by atoms with van der Waals surface area (Å²) in [6, 6.07) is 3.18. The molecule has 110 valence electrons. The van der Waals surface area contributed by atoms with Crippen LogP contribution in [0.1, 0.15) is 22.3 Å². The van der Waals surface area contributed by atoms with Crippen molar-refractivity contribution < 1.29 is 14.0 Å². The fourth-order valence-corrected chi connectivity index (χ4v) is 2.16. The lowest BCUT2D eigenvalue weighted by Gasteiger charge is -2.13. The van der Waals surface area contributed by atoms with E-state index in [0.29, 0.717) is 13.0 Å². The maximum absolute atomic E-state index is 13.3. The normalized spacial score (nSPS) is 17.4. The zero-order chi connectivity index (χ0) is 15.4. The molecule has 6 heteroatoms. The van der Waals surface area contributed by atoms with Crippen LogP contribution in [0.25, 0.3) is 0 Å². The number of hydrogen-bond acceptors (Lipinski definition) is 3. The van der Waals surface area contributed by atoms with Crippen molar-refractivity contribution in [1.29, 1.82) is 0 Å². The first-order valence-corrected chi connectivity index (χ1v) is 6.57. The molecule has 1 saturated heterocycles. The van der Waals surface area contributed by atoms with Crippen molar-refractivity contribution in [3.8, 4) is 11.8 Å². The molecule has 3 N–H and O–H groups in total. The van der Waals surface area contributed by atoms with Gasteiger partial charge in [-0.2, -0.15) is 0 Å². The van der Waals surface area contributed by atoms with Crippen molar-refractivity contribution in [2.45, 2.75) is 12.5 Å². The van der Waals surface area contributed by atoms with E-state index in [1.54, 1.807) is 11.9 Å². The van der Waals surface area contributed by atoms with Gasteiger partial charge < -0.3 is 16.0 Å². The van der Waals surface area contributed by atoms with Crippen molar-refractivity contribution in [2.75, 3.05) is 20.1 Å². The SMILES string of the molecule is CN1CCC(NC(=O)c2ccc(F)cc2C#CCN)C1=O. The maximum Gasteiger partial charge on any atom is 0.253 e. The molecule has 1 aromatic carbocycles. The van der Waals surface area contributed by atoms with Gasteiger partial charge in [0.05, 0.1) is 12.1 Å². The average molecular weight is 289 g/mol. The fourth-order valence-electron chi connectivity index (χ4n) is 2.16. The number of carbonyl (C=O) groups excluding carboxylic acids is 2. The second-order valence-electron chi connectivity index (χ2n) is 4.77. The molecule has 0 saturated carbocycles. The molecule has 2 amide bonds. The van der Waals surface area contributed by atoms with Gasteiger partial charge in [0.15, 0.2) is 0 Å². The van der Waals surface area contributed by atoms with Crippen molar-refractivity contribution in [1.82, 2.24) is 10.2 Å². The van der Waals surface area contributed by atoms with E-state index in [1.807, 2.05) is 0 Å². The predicted molar refractivity (Wildman–Crippen MR) is 75.8 cm³/mol. The third-order valence-corrected chi connectivity index (χ3v) is 3.28. The molecule has 5 nitrogen and oxygen atoms in total. The summed E-state index contributed by atoms with van der Waals surface area (Å²) in [5, 5.41) is 2.66. The van der Waals surface area contributed by atoms with E-state index in [4.69, 9.17) is 5.73 Å². The zero-order valence-electron chi connectivity index (χ0n) is 11.6. The van der Waals surface area contributed by atoms with Crippen LogP contribution in [0.5, 0.6) is 0 Å². The van der Waals surface area contributed by atoms with Crippen LogP contribution < -0.4 is 11.1 Å². The van der Waals surface area contributed by atoms with Gasteiger partial charge in [0, 0.05) is 19.2 Å². The Kier molecular flexibility index (Phi) is 4.55. The zero-order valence-corrected chi connectivity index (χ0v) is 11.6. The van der Waals surface area contributed by atoms with Gasteiger partial charge in [0.2, 0.25) is 5.91 Å². The molecule has 1 fully saturated rings. The highest BCUT2D eigenvalue weighted by Gasteiger charge is 2.30. The van der Waals surface area contributed by atoms with Gasteiger partial charge >= 0.3 is 0 Å². The summed E-state index contributed by atoms with van der Waals surface area (Å²) in [5.74, 6) is 4.21. The minimum atomic E-state index is -0.539. The first-order valence-electron chi connectivity index (χ1n) is 6.57. The van der Waals surface area contributed by atoms with Crippen LogP contribution >= 0.6 is 0 Å². The highest BCUT2D eigenvalue weighted by atomic mass is 19.1. The predicted octanol–water partition coefficient (Wildman–Crippen LogP) is 0.0964. The maximum atomic E-state index is 13.3. The number of likely N-dealkylation sites (tertiary alicyclic amines) is 1. The number of amides is 2. The number of nitrogens with zero attached hydrogens (tertiary/aromatic N) is 1. The number of nitrogens with two attached hydrogens (primary N) is 1. The topological polar surface area (TPSA) is 75.4 Å². The highest BCUT2D eigenvalue weighted by Crippen LogP contribution is 2.13. The van der Waals surface area contributed by atoms with Crippen molar-refractivity contribution in [2.24, 2.45) is 5.73 Å². The smallest absolute Gasteiger partial charge is 0.253 e. The summed E-state index contributed by atoms with van der Waals surface area (Å²) in [6.07, 6.45) is 0.562. The Morgan fingerprint density at radius 2 is 2.33 bits per heavy atom. The van der Waals surface area contributed by atoms with E-state index >= 15 is 0 Å². The van der Waals surface area contributed by atoms with E-state index < -0.39 is 17.8 Å². The van der Waals surface area contributed by atoms with Crippen LogP contribution in [0.4, 0.5) is 4.39 Å². The standard InChI is InChI=1S/C15H16FN3O2/c1-19-8-6-13(15(19)21)18-14(20)12-5-4-11(16)9-10(12)3-2-7-17/h4-5,9,13H,6-8,17H2,1H3,(H,18,20). The molecule has 1 heterocycles. The minimum absolute atomic E-state index is 0.115. The summed E-state index contributed by atoms with van der Waals surface area (Å²) in [7, 11) is 1.69. The number of nitrogens with one attached hydrogen (secondary N) is 1. The summed E-state index contributed by atoms with van der Waals surface area (Å²) in [5.41, 5.74) is 5.78. The van der Waals surface area contributed by atoms with Crippen LogP contribution in [0.2, 0.25) is 0 Å². The quantitative estimate of drug-likeness (QED) is 0.758. The van der Waals surface area contributed by atoms with Gasteiger partial charge in [-0.15, -0.1) is 0 Å². The second kappa shape index (κ2) is 6.37. The number of likely N-dealkylation sites (N-methyl/N-ethyl adjacent to an activating group) is 1. The Balaban J connectivity index is 2.21. The molecule has 0 aliphatic carbocycles. The summed E-state index contributed by atoms with van der Waals surface area (Å²) in [4.78, 5) is 25.6. The van der Waals surface area contributed by atoms with Crippen molar-refractivity contribution in [3.05, 3.63) is 35.1 Å². The lowest BCUT2D eigenvalue weighted by atomic mass is 10.1. The van der Waals surface area contributed by atoms with E-state index in [9.17, 15) is 14.0 Å². The Labute approximate surface area is 122 Å². The average Bonchev–Trinajstić information content (AvgIpc) is 2.77. The lowest BCUT2D eigenvalue weighted by Crippen LogP contribution is -2.40. The number of hydrogen-bond donors (Lipinski definition) is 2. The lowest BCUT2D eigenvalue weighted by molar-refractivity contribution is -0.128. The van der Waals surface area contributed by atoms with E-state index in [-0.39, 0.29) is 23.6 Å². The Bertz CT molecular complexity index is 634. The third-order valence-electron chi connectivity index (χ3n) is 3.28. The van der Waals surface area contributed by atoms with Crippen molar-refractivity contribution >= 4 is 11.8 Å². The Morgan fingerprint density at radius 3 is 2.95 bits per heavy atom. The molecule has 1 aliphatic heterocycles. The van der Waals surface area contributed by atoms with Crippen LogP contribution in [0, 0.1) is 17.7 Å². The molecular formula is C15H16FN3O2. The monoisotopic (exact) mass is 289 g/mol. The van der Waals surface area contributed by atoms with Gasteiger partial charge in [0.1, 0.15) is 11.9 Å². The Morgan fingerprint density at radius 1 is 1.57 bits per heavy atom. The van der Waals surface area contributed by atoms with Crippen LogP contribution in [0.3, 0.4) is 0 Å². The molecule has 0 aromatic heterocycles. The summed E-state index contributed by atoms with van der Waals surface area (Å²) < 4.78 is 13.3. The highest BCUT2D eigenvalue weighted by molar-refractivity contribution is 5.99. The van der Waals surface area contributed by atoms with Gasteiger partial charge in [-0.3, -0.25) is 9.59 Å². The summed E-state index contributed by atoms with van der Waals surface area (Å²) >= 11 is 0. The molecule has 0 bridgehead atoms.